The van der Waals surface area contributed by atoms with Crippen LogP contribution in [0.2, 0.25) is 0 Å². The van der Waals surface area contributed by atoms with Gasteiger partial charge >= 0.3 is 0 Å². The van der Waals surface area contributed by atoms with Crippen LogP contribution in [-0.4, -0.2) is 42.1 Å². The van der Waals surface area contributed by atoms with Gasteiger partial charge in [-0.05, 0) is 19.1 Å². The number of nitrogens with one attached hydrogen (secondary N) is 1. The Balaban J connectivity index is 1.67. The van der Waals surface area contributed by atoms with E-state index in [1.165, 1.54) is 4.68 Å². The highest BCUT2D eigenvalue weighted by atomic mass is 19.1. The molecule has 0 saturated carbocycles. The topological polar surface area (TPSA) is 92.8 Å². The van der Waals surface area contributed by atoms with E-state index in [-0.39, 0.29) is 17.5 Å². The van der Waals surface area contributed by atoms with E-state index in [0.29, 0.717) is 35.5 Å². The maximum absolute atomic E-state index is 15.2. The molecule has 1 aromatic carbocycles. The first-order valence-corrected chi connectivity index (χ1v) is 8.92. The molecule has 28 heavy (non-hydrogen) atoms. The Kier molecular flexibility index (Phi) is 3.58. The maximum atomic E-state index is 15.2. The van der Waals surface area contributed by atoms with Gasteiger partial charge in [-0.1, -0.05) is 12.1 Å². The summed E-state index contributed by atoms with van der Waals surface area (Å²) in [4.78, 5) is 26.4. The van der Waals surface area contributed by atoms with Crippen LogP contribution in [0.4, 0.5) is 4.39 Å². The number of rotatable bonds is 2. The first-order valence-electron chi connectivity index (χ1n) is 8.92. The van der Waals surface area contributed by atoms with E-state index >= 15 is 4.39 Å². The summed E-state index contributed by atoms with van der Waals surface area (Å²) >= 11 is 0. The van der Waals surface area contributed by atoms with Crippen LogP contribution in [0.3, 0.4) is 0 Å². The van der Waals surface area contributed by atoms with Crippen LogP contribution in [0, 0.1) is 12.7 Å². The molecule has 1 N–H and O–H groups in total. The third-order valence-corrected chi connectivity index (χ3v) is 5.06. The molecule has 4 heterocycles. The van der Waals surface area contributed by atoms with Gasteiger partial charge in [-0.15, -0.1) is 0 Å². The summed E-state index contributed by atoms with van der Waals surface area (Å²) in [7, 11) is 1.66. The molecule has 1 aliphatic rings. The molecule has 0 aliphatic carbocycles. The van der Waals surface area contributed by atoms with Crippen LogP contribution in [0.25, 0.3) is 11.0 Å². The van der Waals surface area contributed by atoms with Crippen molar-refractivity contribution in [2.24, 2.45) is 7.05 Å². The monoisotopic (exact) mass is 380 g/mol. The van der Waals surface area contributed by atoms with Gasteiger partial charge in [0.05, 0.1) is 23.1 Å². The van der Waals surface area contributed by atoms with Gasteiger partial charge in [-0.3, -0.25) is 4.79 Å². The number of carbonyl (C=O) groups excluding carboxylic acids is 1. The number of hydrogen-bond donors (Lipinski definition) is 1. The lowest BCUT2D eigenvalue weighted by Gasteiger charge is -2.33. The highest BCUT2D eigenvalue weighted by molar-refractivity contribution is 5.91. The van der Waals surface area contributed by atoms with Gasteiger partial charge in [0.2, 0.25) is 5.82 Å². The molecule has 0 unspecified atom stereocenters. The van der Waals surface area contributed by atoms with E-state index in [9.17, 15) is 4.79 Å². The fraction of sp³-hybridized carbons (Fsp3) is 0.263. The number of nitrogens with zero attached hydrogens (tertiary/aromatic N) is 5. The highest BCUT2D eigenvalue weighted by Crippen LogP contribution is 2.38. The minimum atomic E-state index is -0.761. The lowest BCUT2D eigenvalue weighted by molar-refractivity contribution is 0.0651. The van der Waals surface area contributed by atoms with Crippen LogP contribution in [0.5, 0.6) is 0 Å². The summed E-state index contributed by atoms with van der Waals surface area (Å²) in [6, 6.07) is 6.13. The number of halogens is 1. The minimum Gasteiger partial charge on any atom is -0.455 e. The molecule has 142 valence electrons. The number of imidazole rings is 1. The van der Waals surface area contributed by atoms with Gasteiger partial charge < -0.3 is 14.3 Å². The number of aromatic amines is 1. The molecular formula is C19H17FN6O2. The summed E-state index contributed by atoms with van der Waals surface area (Å²) in [5, 5.41) is 4.53. The van der Waals surface area contributed by atoms with Crippen molar-refractivity contribution in [3.8, 4) is 0 Å². The van der Waals surface area contributed by atoms with E-state index < -0.39 is 11.9 Å². The molecule has 9 heteroatoms. The molecule has 1 atom stereocenters. The molecule has 1 amide bonds. The van der Waals surface area contributed by atoms with E-state index in [2.05, 4.69) is 20.1 Å². The predicted molar refractivity (Wildman–Crippen MR) is 97.1 cm³/mol. The number of amides is 1. The van der Waals surface area contributed by atoms with Gasteiger partial charge in [0.25, 0.3) is 5.91 Å². The number of hydrogen-bond acceptors (Lipinski definition) is 5. The number of aromatic nitrogens is 5. The third kappa shape index (κ3) is 2.35. The molecule has 0 fully saturated rings. The molecule has 1 aliphatic heterocycles. The second-order valence-electron chi connectivity index (χ2n) is 6.80. The molecule has 5 rings (SSSR count). The first-order chi connectivity index (χ1) is 13.5. The summed E-state index contributed by atoms with van der Waals surface area (Å²) < 4.78 is 22.5. The van der Waals surface area contributed by atoms with E-state index in [1.54, 1.807) is 49.5 Å². The Morgan fingerprint density at radius 2 is 2.18 bits per heavy atom. The molecular weight excluding hydrogens is 363 g/mol. The van der Waals surface area contributed by atoms with Gasteiger partial charge in [0.1, 0.15) is 17.4 Å². The normalized spacial score (nSPS) is 16.5. The standard InChI is InChI=1S/C19H17FN6O2/c1-10-23-18(25(2)24-10)19(27)26-8-7-12-15(22-9-21-12)16(26)17-14(20)11-5-3-4-6-13(11)28-17/h3-6,9,16H,7-8H2,1-2H3,(H,21,22)/t16-/m0/s1. The summed E-state index contributed by atoms with van der Waals surface area (Å²) in [5.74, 6) is -0.0413. The van der Waals surface area contributed by atoms with Crippen molar-refractivity contribution in [2.75, 3.05) is 6.54 Å². The average molecular weight is 380 g/mol. The summed E-state index contributed by atoms with van der Waals surface area (Å²) in [5.41, 5.74) is 1.88. The number of para-hydroxylation sites is 1. The highest BCUT2D eigenvalue weighted by Gasteiger charge is 2.40. The van der Waals surface area contributed by atoms with Crippen LogP contribution in [0.1, 0.15) is 39.6 Å². The number of aryl methyl sites for hydroxylation is 2. The van der Waals surface area contributed by atoms with Crippen molar-refractivity contribution in [1.82, 2.24) is 29.6 Å². The van der Waals surface area contributed by atoms with Crippen molar-refractivity contribution in [2.45, 2.75) is 19.4 Å². The fourth-order valence-electron chi connectivity index (χ4n) is 3.81. The van der Waals surface area contributed by atoms with E-state index in [4.69, 9.17) is 4.42 Å². The lowest BCUT2D eigenvalue weighted by atomic mass is 9.99. The molecule has 0 radical (unpaired) electrons. The third-order valence-electron chi connectivity index (χ3n) is 5.06. The molecule has 8 nitrogen and oxygen atoms in total. The molecule has 4 aromatic rings. The number of benzene rings is 1. The van der Waals surface area contributed by atoms with E-state index in [1.807, 2.05) is 0 Å². The smallest absolute Gasteiger partial charge is 0.292 e. The Morgan fingerprint density at radius 1 is 1.36 bits per heavy atom. The van der Waals surface area contributed by atoms with Crippen LogP contribution < -0.4 is 0 Å². The van der Waals surface area contributed by atoms with Crippen molar-refractivity contribution >= 4 is 16.9 Å². The number of carbonyl (C=O) groups is 1. The minimum absolute atomic E-state index is 0.0821. The van der Waals surface area contributed by atoms with Crippen molar-refractivity contribution in [3.05, 3.63) is 65.2 Å². The van der Waals surface area contributed by atoms with Gasteiger partial charge in [0, 0.05) is 20.0 Å². The van der Waals surface area contributed by atoms with Crippen molar-refractivity contribution in [1.29, 1.82) is 0 Å². The number of furan rings is 1. The summed E-state index contributed by atoms with van der Waals surface area (Å²) in [6.45, 7) is 2.08. The zero-order valence-corrected chi connectivity index (χ0v) is 15.3. The zero-order chi connectivity index (χ0) is 19.4. The summed E-state index contributed by atoms with van der Waals surface area (Å²) in [6.07, 6.45) is 2.11. The zero-order valence-electron chi connectivity index (χ0n) is 15.3. The Morgan fingerprint density at radius 3 is 2.93 bits per heavy atom. The molecule has 3 aromatic heterocycles. The molecule has 0 saturated heterocycles. The Labute approximate surface area is 159 Å². The quantitative estimate of drug-likeness (QED) is 0.577. The predicted octanol–water partition coefficient (Wildman–Crippen LogP) is 2.52. The van der Waals surface area contributed by atoms with Crippen LogP contribution in [0.15, 0.2) is 35.0 Å². The maximum Gasteiger partial charge on any atom is 0.292 e. The fourth-order valence-corrected chi connectivity index (χ4v) is 3.81. The largest absolute Gasteiger partial charge is 0.455 e. The van der Waals surface area contributed by atoms with Gasteiger partial charge in [-0.25, -0.2) is 19.0 Å². The van der Waals surface area contributed by atoms with Crippen molar-refractivity contribution in [3.63, 3.8) is 0 Å². The SMILES string of the molecule is Cc1nc(C(=O)N2CCc3nc[nH]c3[C@H]2c2oc3ccccc3c2F)n(C)n1. The van der Waals surface area contributed by atoms with Crippen molar-refractivity contribution < 1.29 is 13.6 Å². The van der Waals surface area contributed by atoms with Gasteiger partial charge in [-0.2, -0.15) is 5.10 Å². The number of H-pyrrole nitrogens is 1. The Bertz CT molecular complexity index is 1210. The van der Waals surface area contributed by atoms with Crippen LogP contribution in [-0.2, 0) is 13.5 Å². The van der Waals surface area contributed by atoms with E-state index in [0.717, 1.165) is 5.69 Å². The Hall–Kier alpha value is -3.49. The van der Waals surface area contributed by atoms with Gasteiger partial charge in [0.15, 0.2) is 11.6 Å². The van der Waals surface area contributed by atoms with Crippen LogP contribution >= 0.6 is 0 Å². The lowest BCUT2D eigenvalue weighted by Crippen LogP contribution is -2.42. The second-order valence-corrected chi connectivity index (χ2v) is 6.80. The first kappa shape index (κ1) is 16.7. The second kappa shape index (κ2) is 6.01. The molecule has 0 spiro atoms. The average Bonchev–Trinajstić information content (AvgIpc) is 3.38. The molecule has 0 bridgehead atoms. The number of fused-ring (bicyclic) bond motifs is 2.